The standard InChI is InChI=1S/C44H34N4/c1-5-13-29(14-6-1)41-33-21-23-35(45-33)42(30-15-7-2-8-16-30)37-25-27-39(47-37)44(32-19-11-4-12-20-32)40-28-26-38(48-40)43(31-17-9-3-10-18-31)36-24-22-34(41)46-36/h1-28,33,42,44,46-48H. The minimum Gasteiger partial charge on any atom is -0.361 e. The molecule has 0 aliphatic carbocycles. The van der Waals surface area contributed by atoms with Gasteiger partial charge in [-0.15, -0.1) is 0 Å². The summed E-state index contributed by atoms with van der Waals surface area (Å²) < 4.78 is 0. The third-order valence-corrected chi connectivity index (χ3v) is 9.63. The Balaban J connectivity index is 1.36. The van der Waals surface area contributed by atoms with E-state index in [4.69, 9.17) is 4.99 Å². The number of allylic oxidation sites excluding steroid dienone is 1. The second kappa shape index (κ2) is 11.9. The van der Waals surface area contributed by atoms with Crippen LogP contribution in [-0.4, -0.2) is 26.7 Å². The molecule has 8 bridgehead atoms. The van der Waals surface area contributed by atoms with Crippen molar-refractivity contribution in [1.29, 1.82) is 0 Å². The van der Waals surface area contributed by atoms with Crippen LogP contribution < -0.4 is 10.7 Å². The van der Waals surface area contributed by atoms with Gasteiger partial charge in [0, 0.05) is 50.3 Å². The highest BCUT2D eigenvalue weighted by molar-refractivity contribution is 6.05. The van der Waals surface area contributed by atoms with Crippen molar-refractivity contribution in [3.05, 3.63) is 226 Å². The first-order chi connectivity index (χ1) is 23.8. The van der Waals surface area contributed by atoms with Crippen LogP contribution in [0.5, 0.6) is 0 Å². The molecule has 9 rings (SSSR count). The second-order valence-corrected chi connectivity index (χ2v) is 12.5. The molecule has 4 heteroatoms. The maximum absolute atomic E-state index is 5.48. The van der Waals surface area contributed by atoms with Crippen LogP contribution >= 0.6 is 0 Å². The monoisotopic (exact) mass is 618 g/mol. The van der Waals surface area contributed by atoms with Gasteiger partial charge in [-0.2, -0.15) is 0 Å². The Morgan fingerprint density at radius 3 is 1.67 bits per heavy atom. The van der Waals surface area contributed by atoms with Gasteiger partial charge in [0.2, 0.25) is 0 Å². The molecule has 3 N–H and O–H groups in total. The lowest BCUT2D eigenvalue weighted by Crippen LogP contribution is -2.21. The quantitative estimate of drug-likeness (QED) is 0.180. The van der Waals surface area contributed by atoms with E-state index in [2.05, 4.69) is 185 Å². The van der Waals surface area contributed by atoms with Gasteiger partial charge in [-0.25, -0.2) is 0 Å². The molecule has 0 saturated carbocycles. The van der Waals surface area contributed by atoms with Gasteiger partial charge in [0.15, 0.2) is 0 Å². The topological polar surface area (TPSA) is 59.7 Å². The number of benzene rings is 4. The van der Waals surface area contributed by atoms with Crippen LogP contribution in [0, 0.1) is 0 Å². The van der Waals surface area contributed by atoms with Crippen molar-refractivity contribution in [2.75, 3.05) is 0 Å². The number of rotatable bonds is 4. The Kier molecular flexibility index (Phi) is 6.98. The van der Waals surface area contributed by atoms with Gasteiger partial charge in [-0.3, -0.25) is 4.99 Å². The van der Waals surface area contributed by atoms with Crippen LogP contribution in [0.25, 0.3) is 11.1 Å². The van der Waals surface area contributed by atoms with Crippen LogP contribution in [0.15, 0.2) is 175 Å². The molecule has 2 aliphatic heterocycles. The molecule has 4 nitrogen and oxygen atoms in total. The maximum atomic E-state index is 5.48. The number of aromatic amines is 3. The maximum Gasteiger partial charge on any atom is 0.0963 e. The van der Waals surface area contributed by atoms with Gasteiger partial charge in [-0.1, -0.05) is 127 Å². The number of nitrogens with one attached hydrogen (secondary N) is 3. The minimum absolute atomic E-state index is 0.0129. The first kappa shape index (κ1) is 28.1. The molecule has 5 heterocycles. The molecule has 7 aromatic rings. The lowest BCUT2D eigenvalue weighted by molar-refractivity contribution is 0.877. The molecule has 0 spiro atoms. The first-order valence-corrected chi connectivity index (χ1v) is 16.6. The average molecular weight is 619 g/mol. The molecule has 0 fully saturated rings. The molecule has 230 valence electrons. The lowest BCUT2D eigenvalue weighted by atomic mass is 9.91. The number of hydrogen-bond acceptors (Lipinski definition) is 1. The fourth-order valence-electron chi connectivity index (χ4n) is 7.45. The summed E-state index contributed by atoms with van der Waals surface area (Å²) in [6.07, 6.45) is 4.47. The van der Waals surface area contributed by atoms with E-state index in [1.165, 1.54) is 11.1 Å². The van der Waals surface area contributed by atoms with E-state index in [0.29, 0.717) is 0 Å². The normalized spacial score (nSPS) is 18.6. The van der Waals surface area contributed by atoms with Gasteiger partial charge in [0.05, 0.1) is 17.9 Å². The molecule has 2 aliphatic rings. The number of aromatic nitrogens is 3. The summed E-state index contributed by atoms with van der Waals surface area (Å²) in [4.78, 5) is 17.1. The van der Waals surface area contributed by atoms with E-state index in [9.17, 15) is 0 Å². The minimum atomic E-state index is -0.142. The van der Waals surface area contributed by atoms with Crippen LogP contribution in [0.3, 0.4) is 0 Å². The third-order valence-electron chi connectivity index (χ3n) is 9.63. The molecule has 3 unspecified atom stereocenters. The van der Waals surface area contributed by atoms with Crippen molar-refractivity contribution < 1.29 is 0 Å². The lowest BCUT2D eigenvalue weighted by Gasteiger charge is -2.19. The molecular weight excluding hydrogens is 585 g/mol. The highest BCUT2D eigenvalue weighted by Crippen LogP contribution is 2.36. The van der Waals surface area contributed by atoms with Crippen molar-refractivity contribution in [3.63, 3.8) is 0 Å². The molecule has 3 aromatic heterocycles. The number of hydrogen-bond donors (Lipinski definition) is 3. The predicted molar refractivity (Wildman–Crippen MR) is 195 cm³/mol. The van der Waals surface area contributed by atoms with Gasteiger partial charge in [0.25, 0.3) is 0 Å². The number of fused-ring (bicyclic) bond motifs is 7. The number of aliphatic imine (C=N–C) groups is 1. The smallest absolute Gasteiger partial charge is 0.0963 e. The van der Waals surface area contributed by atoms with Crippen LogP contribution in [0.4, 0.5) is 0 Å². The van der Waals surface area contributed by atoms with E-state index in [0.717, 1.165) is 61.5 Å². The highest BCUT2D eigenvalue weighted by Gasteiger charge is 2.29. The van der Waals surface area contributed by atoms with E-state index in [1.807, 2.05) is 0 Å². The molecular formula is C44H34N4. The van der Waals surface area contributed by atoms with Gasteiger partial charge in [0.1, 0.15) is 0 Å². The largest absolute Gasteiger partial charge is 0.361 e. The summed E-state index contributed by atoms with van der Waals surface area (Å²) in [5.74, 6) is -0.0555. The first-order valence-electron chi connectivity index (χ1n) is 16.6. The van der Waals surface area contributed by atoms with Crippen LogP contribution in [0.1, 0.15) is 56.9 Å². The molecule has 4 aromatic carbocycles. The summed E-state index contributed by atoms with van der Waals surface area (Å²) in [6, 6.07) is 56.0. The zero-order chi connectivity index (χ0) is 31.9. The highest BCUT2D eigenvalue weighted by atomic mass is 14.9. The zero-order valence-corrected chi connectivity index (χ0v) is 26.3. The van der Waals surface area contributed by atoms with Crippen LogP contribution in [0.2, 0.25) is 0 Å². The Hall–Kier alpha value is -6.13. The van der Waals surface area contributed by atoms with Gasteiger partial charge < -0.3 is 15.0 Å². The van der Waals surface area contributed by atoms with Crippen molar-refractivity contribution in [2.45, 2.75) is 17.9 Å². The van der Waals surface area contributed by atoms with E-state index in [1.54, 1.807) is 0 Å². The molecule has 0 amide bonds. The predicted octanol–water partition coefficient (Wildman–Crippen LogP) is 7.82. The zero-order valence-electron chi connectivity index (χ0n) is 26.3. The average Bonchev–Trinajstić information content (AvgIpc) is 3.98. The van der Waals surface area contributed by atoms with E-state index in [-0.39, 0.29) is 17.9 Å². The summed E-state index contributed by atoms with van der Waals surface area (Å²) in [6.45, 7) is 0. The van der Waals surface area contributed by atoms with Gasteiger partial charge >= 0.3 is 0 Å². The summed E-state index contributed by atoms with van der Waals surface area (Å²) >= 11 is 0. The Bertz CT molecular complexity index is 2390. The van der Waals surface area contributed by atoms with E-state index >= 15 is 0 Å². The Morgan fingerprint density at radius 2 is 0.979 bits per heavy atom. The summed E-state index contributed by atoms with van der Waals surface area (Å²) in [5, 5.41) is 2.11. The SMILES string of the molecule is C1=CC2N=C1C(c1ccccc1)c1ccc([nH]1)C(c1ccccc1)c1ccc([nH]1)C(c1ccccc1)=c1ccc([nH]1)=C2c1ccccc1. The van der Waals surface area contributed by atoms with Gasteiger partial charge in [-0.05, 0) is 64.7 Å². The van der Waals surface area contributed by atoms with Crippen molar-refractivity contribution in [2.24, 2.45) is 4.99 Å². The second-order valence-electron chi connectivity index (χ2n) is 12.5. The summed E-state index contributed by atoms with van der Waals surface area (Å²) in [7, 11) is 0. The number of H-pyrrole nitrogens is 3. The summed E-state index contributed by atoms with van der Waals surface area (Å²) in [5.41, 5.74) is 12.5. The van der Waals surface area contributed by atoms with Crippen LogP contribution in [-0.2, 0) is 0 Å². The molecule has 3 atom stereocenters. The Labute approximate surface area is 279 Å². The fourth-order valence-corrected chi connectivity index (χ4v) is 7.45. The Morgan fingerprint density at radius 1 is 0.438 bits per heavy atom. The molecule has 48 heavy (non-hydrogen) atoms. The van der Waals surface area contributed by atoms with Crippen molar-refractivity contribution in [3.8, 4) is 0 Å². The van der Waals surface area contributed by atoms with Crippen molar-refractivity contribution >= 4 is 16.9 Å². The molecule has 0 saturated heterocycles. The van der Waals surface area contributed by atoms with Crippen molar-refractivity contribution in [1.82, 2.24) is 15.0 Å². The third kappa shape index (κ3) is 4.99. The fraction of sp³-hybridized carbons (Fsp3) is 0.0682. The van der Waals surface area contributed by atoms with E-state index < -0.39 is 0 Å². The number of nitrogens with zero attached hydrogens (tertiary/aromatic N) is 1. The molecule has 0 radical (unpaired) electrons.